The van der Waals surface area contributed by atoms with Gasteiger partial charge in [-0.25, -0.2) is 4.79 Å². The molecule has 4 rings (SSSR count). The maximum Gasteiger partial charge on any atom is 0.339 e. The zero-order valence-corrected chi connectivity index (χ0v) is 10.2. The first-order valence-electron chi connectivity index (χ1n) is 6.26. The van der Waals surface area contributed by atoms with E-state index in [9.17, 15) is 4.79 Å². The molecule has 3 aliphatic rings. The van der Waals surface area contributed by atoms with Crippen LogP contribution in [0.15, 0.2) is 18.2 Å². The van der Waals surface area contributed by atoms with Gasteiger partial charge in [0.25, 0.3) is 0 Å². The topological polar surface area (TPSA) is 26.3 Å². The van der Waals surface area contributed by atoms with Crippen LogP contribution in [0.4, 0.5) is 0 Å². The van der Waals surface area contributed by atoms with Crippen molar-refractivity contribution in [2.75, 3.05) is 0 Å². The molecule has 1 aromatic carbocycles. The number of carbonyl (C=O) groups is 1. The molecule has 0 spiro atoms. The third-order valence-electron chi connectivity index (χ3n) is 4.25. The molecule has 2 nitrogen and oxygen atoms in total. The van der Waals surface area contributed by atoms with E-state index >= 15 is 0 Å². The highest BCUT2D eigenvalue weighted by atomic mass is 35.5. The third-order valence-corrected chi connectivity index (χ3v) is 4.57. The molecule has 0 N–H and O–H groups in total. The van der Waals surface area contributed by atoms with Crippen molar-refractivity contribution in [2.24, 2.45) is 11.8 Å². The molecule has 0 radical (unpaired) electrons. The molecule has 1 aliphatic heterocycles. The van der Waals surface area contributed by atoms with Crippen LogP contribution in [0.1, 0.15) is 41.6 Å². The Bertz CT molecular complexity index is 503. The van der Waals surface area contributed by atoms with E-state index in [1.807, 2.05) is 18.2 Å². The Morgan fingerprint density at radius 1 is 1.18 bits per heavy atom. The Morgan fingerprint density at radius 2 is 1.82 bits per heavy atom. The largest absolute Gasteiger partial charge is 0.450 e. The van der Waals surface area contributed by atoms with Crippen molar-refractivity contribution >= 4 is 17.6 Å². The highest BCUT2D eigenvalue weighted by Crippen LogP contribution is 2.63. The maximum atomic E-state index is 12.0. The van der Waals surface area contributed by atoms with Gasteiger partial charge >= 0.3 is 5.97 Å². The van der Waals surface area contributed by atoms with Gasteiger partial charge in [0.2, 0.25) is 0 Å². The lowest BCUT2D eigenvalue weighted by Gasteiger charge is -2.29. The summed E-state index contributed by atoms with van der Waals surface area (Å²) in [6.07, 6.45) is 4.64. The first kappa shape index (κ1) is 9.95. The fourth-order valence-electron chi connectivity index (χ4n) is 3.28. The summed E-state index contributed by atoms with van der Waals surface area (Å²) in [6.45, 7) is 0. The molecular formula is C14H13ClO2. The number of hydrogen-bond donors (Lipinski definition) is 0. The fraction of sp³-hybridized carbons (Fsp3) is 0.500. The quantitative estimate of drug-likeness (QED) is 0.749. The van der Waals surface area contributed by atoms with Gasteiger partial charge in [0.05, 0.1) is 5.56 Å². The van der Waals surface area contributed by atoms with Crippen molar-refractivity contribution < 1.29 is 9.53 Å². The van der Waals surface area contributed by atoms with Crippen LogP contribution in [-0.4, -0.2) is 5.97 Å². The molecule has 0 saturated heterocycles. The van der Waals surface area contributed by atoms with Crippen LogP contribution in [-0.2, 0) is 10.3 Å². The van der Waals surface area contributed by atoms with E-state index in [1.165, 1.54) is 0 Å². The lowest BCUT2D eigenvalue weighted by Crippen LogP contribution is -2.31. The summed E-state index contributed by atoms with van der Waals surface area (Å²) in [5.74, 6) is 0.821. The number of hydrogen-bond acceptors (Lipinski definition) is 2. The summed E-state index contributed by atoms with van der Waals surface area (Å²) in [5, 5.41) is 0.701. The second-order valence-electron chi connectivity index (χ2n) is 5.39. The van der Waals surface area contributed by atoms with Crippen molar-refractivity contribution in [2.45, 2.75) is 31.3 Å². The lowest BCUT2D eigenvalue weighted by molar-refractivity contribution is -0.0347. The summed E-state index contributed by atoms with van der Waals surface area (Å²) >= 11 is 6.33. The Labute approximate surface area is 105 Å². The van der Waals surface area contributed by atoms with E-state index < -0.39 is 0 Å². The maximum absolute atomic E-state index is 12.0. The van der Waals surface area contributed by atoms with E-state index in [-0.39, 0.29) is 11.6 Å². The van der Waals surface area contributed by atoms with Crippen molar-refractivity contribution in [1.29, 1.82) is 0 Å². The molecule has 1 heterocycles. The normalized spacial score (nSPS) is 25.6. The fourth-order valence-corrected chi connectivity index (χ4v) is 3.61. The molecule has 88 valence electrons. The van der Waals surface area contributed by atoms with Crippen LogP contribution in [0, 0.1) is 11.8 Å². The summed E-state index contributed by atoms with van der Waals surface area (Å²) in [4.78, 5) is 12.0. The number of cyclic esters (lactones) is 1. The van der Waals surface area contributed by atoms with Gasteiger partial charge in [0, 0.05) is 22.4 Å². The van der Waals surface area contributed by atoms with E-state index in [2.05, 4.69) is 0 Å². The van der Waals surface area contributed by atoms with Gasteiger partial charge in [-0.3, -0.25) is 0 Å². The Hall–Kier alpha value is -1.02. The molecule has 2 aliphatic carbocycles. The monoisotopic (exact) mass is 248 g/mol. The van der Waals surface area contributed by atoms with Crippen LogP contribution in [0.2, 0.25) is 5.02 Å². The Kier molecular flexibility index (Phi) is 1.79. The predicted octanol–water partition coefficient (Wildman–Crippen LogP) is 3.53. The third kappa shape index (κ3) is 1.19. The molecule has 0 unspecified atom stereocenters. The van der Waals surface area contributed by atoms with Crippen molar-refractivity contribution in [3.05, 3.63) is 34.3 Å². The highest BCUT2D eigenvalue weighted by molar-refractivity contribution is 6.32. The predicted molar refractivity (Wildman–Crippen MR) is 64.0 cm³/mol. The average molecular weight is 249 g/mol. The number of fused-ring (bicyclic) bond motifs is 1. The second-order valence-corrected chi connectivity index (χ2v) is 5.80. The molecule has 0 atom stereocenters. The highest BCUT2D eigenvalue weighted by Gasteiger charge is 2.62. The first-order chi connectivity index (χ1) is 8.23. The van der Waals surface area contributed by atoms with Gasteiger partial charge in [0.1, 0.15) is 5.60 Å². The van der Waals surface area contributed by atoms with E-state index in [0.29, 0.717) is 22.4 Å². The first-order valence-corrected chi connectivity index (χ1v) is 6.63. The van der Waals surface area contributed by atoms with Crippen LogP contribution >= 0.6 is 11.6 Å². The smallest absolute Gasteiger partial charge is 0.339 e. The minimum Gasteiger partial charge on any atom is -0.450 e. The van der Waals surface area contributed by atoms with E-state index in [4.69, 9.17) is 16.3 Å². The summed E-state index contributed by atoms with van der Waals surface area (Å²) in [6, 6.07) is 5.55. The Balaban J connectivity index is 1.97. The zero-order chi connectivity index (χ0) is 11.6. The number of halogens is 1. The van der Waals surface area contributed by atoms with Gasteiger partial charge in [0.15, 0.2) is 0 Å². The van der Waals surface area contributed by atoms with Crippen LogP contribution < -0.4 is 0 Å². The molecule has 17 heavy (non-hydrogen) atoms. The number of benzene rings is 1. The summed E-state index contributed by atoms with van der Waals surface area (Å²) in [5.41, 5.74) is 1.30. The SMILES string of the molecule is O=C1OC(C2CC2)(C2CC2)c2c(Cl)cccc21. The molecular weight excluding hydrogens is 236 g/mol. The van der Waals surface area contributed by atoms with Gasteiger partial charge < -0.3 is 4.74 Å². The van der Waals surface area contributed by atoms with Gasteiger partial charge in [-0.2, -0.15) is 0 Å². The summed E-state index contributed by atoms with van der Waals surface area (Å²) in [7, 11) is 0. The molecule has 0 aromatic heterocycles. The van der Waals surface area contributed by atoms with Gasteiger partial charge in [-0.05, 0) is 37.8 Å². The molecule has 0 bridgehead atoms. The summed E-state index contributed by atoms with van der Waals surface area (Å²) < 4.78 is 5.82. The van der Waals surface area contributed by atoms with Crippen molar-refractivity contribution in [3.63, 3.8) is 0 Å². The van der Waals surface area contributed by atoms with Crippen molar-refractivity contribution in [3.8, 4) is 0 Å². The minimum atomic E-state index is -0.370. The number of rotatable bonds is 2. The zero-order valence-electron chi connectivity index (χ0n) is 9.41. The van der Waals surface area contributed by atoms with E-state index in [0.717, 1.165) is 31.2 Å². The van der Waals surface area contributed by atoms with Gasteiger partial charge in [-0.1, -0.05) is 17.7 Å². The second kappa shape index (κ2) is 3.05. The average Bonchev–Trinajstić information content (AvgIpc) is 3.18. The number of esters is 1. The standard InChI is InChI=1S/C14H13ClO2/c15-11-3-1-2-10-12(11)14(8-4-5-8,9-6-7-9)17-13(10)16/h1-3,8-9H,4-7H2. The molecule has 1 aromatic rings. The molecule has 2 fully saturated rings. The molecule has 3 heteroatoms. The van der Waals surface area contributed by atoms with E-state index in [1.54, 1.807) is 0 Å². The van der Waals surface area contributed by atoms with Crippen LogP contribution in [0.3, 0.4) is 0 Å². The van der Waals surface area contributed by atoms with Crippen molar-refractivity contribution in [1.82, 2.24) is 0 Å². The van der Waals surface area contributed by atoms with Gasteiger partial charge in [-0.15, -0.1) is 0 Å². The lowest BCUT2D eigenvalue weighted by atomic mass is 9.83. The minimum absolute atomic E-state index is 0.179. The molecule has 2 saturated carbocycles. The Morgan fingerprint density at radius 3 is 2.41 bits per heavy atom. The van der Waals surface area contributed by atoms with Crippen LogP contribution in [0.5, 0.6) is 0 Å². The number of carbonyl (C=O) groups excluding carboxylic acids is 1. The van der Waals surface area contributed by atoms with Crippen LogP contribution in [0.25, 0.3) is 0 Å². The number of ether oxygens (including phenoxy) is 1. The molecule has 0 amide bonds.